The van der Waals surface area contributed by atoms with Crippen molar-refractivity contribution in [3.8, 4) is 0 Å². The normalized spacial score (nSPS) is 12.9. The van der Waals surface area contributed by atoms with Gasteiger partial charge in [-0.05, 0) is 0 Å². The zero-order valence-corrected chi connectivity index (χ0v) is 4.08. The van der Waals surface area contributed by atoms with Crippen molar-refractivity contribution >= 4 is 0 Å². The quantitative estimate of drug-likeness (QED) is 0.325. The minimum absolute atomic E-state index is 0.188. The van der Waals surface area contributed by atoms with Gasteiger partial charge in [-0.2, -0.15) is 0 Å². The van der Waals surface area contributed by atoms with Crippen molar-refractivity contribution in [1.29, 1.82) is 0 Å². The maximum Gasteiger partial charge on any atom is 0.606 e. The number of rotatable bonds is 0. The Morgan fingerprint density at radius 1 is 1.14 bits per heavy atom. The summed E-state index contributed by atoms with van der Waals surface area (Å²) in [5, 5.41) is 0. The van der Waals surface area contributed by atoms with Crippen LogP contribution in [-0.2, 0) is 0 Å². The molecule has 0 aliphatic carbocycles. The molecule has 0 fully saturated rings. The van der Waals surface area contributed by atoms with Crippen LogP contribution in [0.2, 0.25) is 0 Å². The second-order valence-corrected chi connectivity index (χ2v) is 1.36. The van der Waals surface area contributed by atoms with E-state index in [9.17, 15) is 13.2 Å². The lowest BCUT2D eigenvalue weighted by Crippen LogP contribution is -2.35. The minimum atomic E-state index is -4.17. The van der Waals surface area contributed by atoms with Gasteiger partial charge in [0.15, 0.2) is 0 Å². The molecule has 4 heteroatoms. The van der Waals surface area contributed by atoms with Crippen LogP contribution in [-0.4, -0.2) is 20.4 Å². The van der Waals surface area contributed by atoms with Gasteiger partial charge in [0, 0.05) is 0 Å². The second-order valence-electron chi connectivity index (χ2n) is 1.36. The molecule has 0 heterocycles. The third-order valence-corrected chi connectivity index (χ3v) is 0.507. The molecule has 0 rings (SSSR count). The number of nitrogens with zero attached hydrogens (tertiary/aromatic N) is 1. The Kier molecular flexibility index (Phi) is 1.63. The smallest absolute Gasteiger partial charge is 0.112 e. The molecule has 7 heavy (non-hydrogen) atoms. The molecule has 0 N–H and O–H groups in total. The summed E-state index contributed by atoms with van der Waals surface area (Å²) in [4.78, 5) is 0.188. The number of alkyl halides is 3. The standard InChI is InChI=1S/C3H6F3N/c1-7(2)3(4,5)6/h1-2H3/q+1. The zero-order valence-electron chi connectivity index (χ0n) is 4.08. The maximum atomic E-state index is 11.1. The van der Waals surface area contributed by atoms with E-state index >= 15 is 0 Å². The predicted octanol–water partition coefficient (Wildman–Crippen LogP) is 0.906. The molecule has 0 amide bonds. The summed E-state index contributed by atoms with van der Waals surface area (Å²) in [5.41, 5.74) is 0. The molecule has 1 radical (unpaired) electrons. The van der Waals surface area contributed by atoms with Crippen LogP contribution in [0, 0.1) is 0 Å². The van der Waals surface area contributed by atoms with E-state index in [2.05, 4.69) is 0 Å². The average Bonchev–Trinajstić information content (AvgIpc) is 1.31. The Bertz CT molecular complexity index is 55.7. The molecule has 43 valence electrons. The van der Waals surface area contributed by atoms with Crippen LogP contribution in [0.25, 0.3) is 0 Å². The molecule has 0 unspecified atom stereocenters. The molecule has 0 aromatic heterocycles. The van der Waals surface area contributed by atoms with E-state index in [4.69, 9.17) is 0 Å². The van der Waals surface area contributed by atoms with E-state index in [1.807, 2.05) is 0 Å². The van der Waals surface area contributed by atoms with Gasteiger partial charge in [0.2, 0.25) is 0 Å². The number of halogens is 3. The van der Waals surface area contributed by atoms with Gasteiger partial charge in [0.25, 0.3) is 0 Å². The Balaban J connectivity index is 3.54. The van der Waals surface area contributed by atoms with Crippen molar-refractivity contribution in [3.05, 3.63) is 0 Å². The third kappa shape index (κ3) is 2.45. The fraction of sp³-hybridized carbons (Fsp3) is 1.00. The lowest BCUT2D eigenvalue weighted by atomic mass is 10.9. The van der Waals surface area contributed by atoms with Crippen LogP contribution >= 0.6 is 0 Å². The summed E-state index contributed by atoms with van der Waals surface area (Å²) in [6.07, 6.45) is -4.17. The maximum absolute atomic E-state index is 11.1. The van der Waals surface area contributed by atoms with Crippen molar-refractivity contribution in [3.63, 3.8) is 0 Å². The van der Waals surface area contributed by atoms with E-state index in [0.717, 1.165) is 14.1 Å². The molecular weight excluding hydrogens is 107 g/mol. The number of hydrogen-bond donors (Lipinski definition) is 0. The van der Waals surface area contributed by atoms with Crippen LogP contribution in [0.4, 0.5) is 13.2 Å². The molecule has 0 bridgehead atoms. The van der Waals surface area contributed by atoms with Crippen molar-refractivity contribution in [2.45, 2.75) is 6.30 Å². The van der Waals surface area contributed by atoms with Gasteiger partial charge in [-0.3, -0.25) is 0 Å². The first-order chi connectivity index (χ1) is 2.94. The molecule has 1 nitrogen and oxygen atoms in total. The molecule has 0 aliphatic heterocycles. The van der Waals surface area contributed by atoms with E-state index in [0.29, 0.717) is 0 Å². The fourth-order valence-electron chi connectivity index (χ4n) is 0. The molecule has 0 aromatic carbocycles. The third-order valence-electron chi connectivity index (χ3n) is 0.507. The van der Waals surface area contributed by atoms with Crippen LogP contribution in [0.15, 0.2) is 0 Å². The molecule has 0 atom stereocenters. The first kappa shape index (κ1) is 6.75. The number of hydrogen-bond acceptors (Lipinski definition) is 1. The lowest BCUT2D eigenvalue weighted by molar-refractivity contribution is -0.188. The molecule has 0 aromatic rings. The van der Waals surface area contributed by atoms with Gasteiger partial charge in [-0.1, -0.05) is 4.90 Å². The first-order valence-corrected chi connectivity index (χ1v) is 1.68. The van der Waals surface area contributed by atoms with E-state index in [1.165, 1.54) is 0 Å². The molecule has 0 saturated carbocycles. The highest BCUT2D eigenvalue weighted by Crippen LogP contribution is 2.13. The van der Waals surface area contributed by atoms with Gasteiger partial charge >= 0.3 is 6.30 Å². The molecule has 0 saturated heterocycles. The SMILES string of the molecule is C[N+](C)C(F)(F)F. The average molecular weight is 113 g/mol. The summed E-state index contributed by atoms with van der Waals surface area (Å²) >= 11 is 0. The first-order valence-electron chi connectivity index (χ1n) is 1.68. The molecule has 0 spiro atoms. The summed E-state index contributed by atoms with van der Waals surface area (Å²) in [5.74, 6) is 0. The van der Waals surface area contributed by atoms with E-state index in [-0.39, 0.29) is 4.90 Å². The van der Waals surface area contributed by atoms with Crippen LogP contribution in [0.3, 0.4) is 0 Å². The van der Waals surface area contributed by atoms with Crippen LogP contribution in [0.5, 0.6) is 0 Å². The topological polar surface area (TPSA) is 5.90 Å². The van der Waals surface area contributed by atoms with Crippen molar-refractivity contribution in [2.75, 3.05) is 14.1 Å². The second kappa shape index (κ2) is 1.69. The van der Waals surface area contributed by atoms with Gasteiger partial charge < -0.3 is 0 Å². The molecular formula is C3H6F3N+. The minimum Gasteiger partial charge on any atom is -0.112 e. The Morgan fingerprint density at radius 2 is 1.29 bits per heavy atom. The largest absolute Gasteiger partial charge is 0.606 e. The summed E-state index contributed by atoms with van der Waals surface area (Å²) < 4.78 is 33.3. The van der Waals surface area contributed by atoms with Gasteiger partial charge in [0.05, 0.1) is 0 Å². The Hall–Kier alpha value is -0.250. The van der Waals surface area contributed by atoms with Crippen LogP contribution in [0.1, 0.15) is 0 Å². The van der Waals surface area contributed by atoms with Crippen LogP contribution < -0.4 is 4.90 Å². The van der Waals surface area contributed by atoms with Gasteiger partial charge in [-0.25, -0.2) is 0 Å². The van der Waals surface area contributed by atoms with E-state index in [1.54, 1.807) is 0 Å². The molecule has 0 aliphatic rings. The highest BCUT2D eigenvalue weighted by molar-refractivity contribution is 4.48. The Labute approximate surface area is 39.7 Å². The summed E-state index contributed by atoms with van der Waals surface area (Å²) in [6, 6.07) is 0. The lowest BCUT2D eigenvalue weighted by Gasteiger charge is -2.00. The summed E-state index contributed by atoms with van der Waals surface area (Å²) in [6.45, 7) is 0. The highest BCUT2D eigenvalue weighted by atomic mass is 19.4. The fourth-order valence-corrected chi connectivity index (χ4v) is 0. The van der Waals surface area contributed by atoms with E-state index < -0.39 is 6.30 Å². The van der Waals surface area contributed by atoms with Crippen molar-refractivity contribution < 1.29 is 13.2 Å². The van der Waals surface area contributed by atoms with Crippen molar-refractivity contribution in [1.82, 2.24) is 4.90 Å². The van der Waals surface area contributed by atoms with Crippen molar-refractivity contribution in [2.24, 2.45) is 0 Å². The monoisotopic (exact) mass is 113 g/mol. The highest BCUT2D eigenvalue weighted by Gasteiger charge is 2.42. The summed E-state index contributed by atoms with van der Waals surface area (Å²) in [7, 11) is 1.92. The zero-order chi connectivity index (χ0) is 6.08. The predicted molar refractivity (Wildman–Crippen MR) is 20.0 cm³/mol. The Morgan fingerprint density at radius 3 is 1.29 bits per heavy atom. The van der Waals surface area contributed by atoms with Gasteiger partial charge in [-0.15, -0.1) is 13.2 Å². The van der Waals surface area contributed by atoms with Gasteiger partial charge in [0.1, 0.15) is 14.1 Å².